The van der Waals surface area contributed by atoms with Crippen LogP contribution in [0.3, 0.4) is 0 Å². The van der Waals surface area contributed by atoms with Gasteiger partial charge >= 0.3 is 0 Å². The van der Waals surface area contributed by atoms with Gasteiger partial charge in [-0.2, -0.15) is 5.10 Å². The van der Waals surface area contributed by atoms with E-state index in [1.807, 2.05) is 48.5 Å². The summed E-state index contributed by atoms with van der Waals surface area (Å²) in [6.07, 6.45) is 1.54. The molecular weight excluding hydrogens is 364 g/mol. The molecule has 0 unspecified atom stereocenters. The number of phenols is 1. The number of carbonyl (C=O) groups excluding carboxylic acids is 1. The average Bonchev–Trinajstić information content (AvgIpc) is 2.68. The Morgan fingerprint density at radius 2 is 1.81 bits per heavy atom. The molecule has 0 spiro atoms. The third-order valence-electron chi connectivity index (χ3n) is 3.69. The molecule has 3 aromatic rings. The van der Waals surface area contributed by atoms with Gasteiger partial charge in [0.05, 0.1) is 6.21 Å². The van der Waals surface area contributed by atoms with Crippen molar-refractivity contribution in [2.24, 2.45) is 5.10 Å². The van der Waals surface area contributed by atoms with Gasteiger partial charge in [0.1, 0.15) is 18.1 Å². The van der Waals surface area contributed by atoms with Crippen LogP contribution in [0.5, 0.6) is 11.5 Å². The lowest BCUT2D eigenvalue weighted by Gasteiger charge is -2.07. The molecule has 0 heterocycles. The maximum absolute atomic E-state index is 12.0. The van der Waals surface area contributed by atoms with Crippen LogP contribution >= 0.6 is 11.6 Å². The van der Waals surface area contributed by atoms with Gasteiger partial charge in [-0.1, -0.05) is 35.9 Å². The largest absolute Gasteiger partial charge is 0.508 e. The molecule has 0 fully saturated rings. The van der Waals surface area contributed by atoms with E-state index in [1.54, 1.807) is 0 Å². The van der Waals surface area contributed by atoms with E-state index < -0.39 is 0 Å². The Balaban J connectivity index is 1.56. The fourth-order valence-corrected chi connectivity index (χ4v) is 2.40. The standard InChI is InChI=1S/C21H17ClN2O3/c22-18-8-4-15(5-9-18)14-27-20-3-1-2-16(12-20)13-23-24-21(26)17-6-10-19(25)11-7-17/h1-13,25H,14H2,(H,24,26)/b23-13-. The monoisotopic (exact) mass is 380 g/mol. The van der Waals surface area contributed by atoms with Crippen LogP contribution < -0.4 is 10.2 Å². The first kappa shape index (κ1) is 18.5. The minimum absolute atomic E-state index is 0.102. The summed E-state index contributed by atoms with van der Waals surface area (Å²) >= 11 is 5.87. The quantitative estimate of drug-likeness (QED) is 0.492. The van der Waals surface area contributed by atoms with Crippen LogP contribution in [0.4, 0.5) is 0 Å². The van der Waals surface area contributed by atoms with Crippen molar-refractivity contribution in [3.05, 3.63) is 94.5 Å². The van der Waals surface area contributed by atoms with E-state index in [2.05, 4.69) is 10.5 Å². The summed E-state index contributed by atoms with van der Waals surface area (Å²) in [5.41, 5.74) is 4.65. The molecule has 6 heteroatoms. The van der Waals surface area contributed by atoms with E-state index in [-0.39, 0.29) is 11.7 Å². The Labute approximate surface area is 161 Å². The highest BCUT2D eigenvalue weighted by molar-refractivity contribution is 6.30. The molecule has 0 saturated carbocycles. The van der Waals surface area contributed by atoms with Gasteiger partial charge in [0.2, 0.25) is 0 Å². The van der Waals surface area contributed by atoms with Crippen LogP contribution in [-0.2, 0) is 6.61 Å². The second-order valence-electron chi connectivity index (χ2n) is 5.73. The van der Waals surface area contributed by atoms with Gasteiger partial charge in [0.15, 0.2) is 0 Å². The smallest absolute Gasteiger partial charge is 0.271 e. The Hall–Kier alpha value is -3.31. The number of amides is 1. The van der Waals surface area contributed by atoms with Crippen LogP contribution in [0.2, 0.25) is 5.02 Å². The van der Waals surface area contributed by atoms with E-state index in [0.29, 0.717) is 22.9 Å². The summed E-state index contributed by atoms with van der Waals surface area (Å²) in [5, 5.41) is 13.9. The highest BCUT2D eigenvalue weighted by Gasteiger charge is 2.03. The van der Waals surface area contributed by atoms with Crippen LogP contribution in [-0.4, -0.2) is 17.2 Å². The molecule has 0 aromatic heterocycles. The highest BCUT2D eigenvalue weighted by atomic mass is 35.5. The molecule has 0 radical (unpaired) electrons. The summed E-state index contributed by atoms with van der Waals surface area (Å²) in [4.78, 5) is 12.0. The van der Waals surface area contributed by atoms with E-state index in [4.69, 9.17) is 16.3 Å². The molecule has 3 rings (SSSR count). The average molecular weight is 381 g/mol. The summed E-state index contributed by atoms with van der Waals surface area (Å²) in [5.74, 6) is 0.436. The summed E-state index contributed by atoms with van der Waals surface area (Å²) in [6, 6.07) is 20.8. The van der Waals surface area contributed by atoms with Crippen molar-refractivity contribution >= 4 is 23.7 Å². The van der Waals surface area contributed by atoms with E-state index in [0.717, 1.165) is 11.1 Å². The van der Waals surface area contributed by atoms with Crippen molar-refractivity contribution in [2.45, 2.75) is 6.61 Å². The lowest BCUT2D eigenvalue weighted by Crippen LogP contribution is -2.17. The third kappa shape index (κ3) is 5.59. The molecule has 0 saturated heterocycles. The molecular formula is C21H17ClN2O3. The minimum atomic E-state index is -0.360. The van der Waals surface area contributed by atoms with E-state index >= 15 is 0 Å². The normalized spacial score (nSPS) is 10.7. The third-order valence-corrected chi connectivity index (χ3v) is 3.94. The second-order valence-corrected chi connectivity index (χ2v) is 6.17. The van der Waals surface area contributed by atoms with Crippen LogP contribution in [0, 0.1) is 0 Å². The molecule has 2 N–H and O–H groups in total. The van der Waals surface area contributed by atoms with Crippen LogP contribution in [0.1, 0.15) is 21.5 Å². The Bertz CT molecular complexity index is 938. The van der Waals surface area contributed by atoms with Crippen molar-refractivity contribution in [1.29, 1.82) is 0 Å². The molecule has 0 bridgehead atoms. The molecule has 27 heavy (non-hydrogen) atoms. The summed E-state index contributed by atoms with van der Waals surface area (Å²) < 4.78 is 5.76. The molecule has 0 aliphatic rings. The number of hydrogen-bond donors (Lipinski definition) is 2. The van der Waals surface area contributed by atoms with Gasteiger partial charge in [0, 0.05) is 10.6 Å². The first-order valence-corrected chi connectivity index (χ1v) is 8.58. The number of nitrogens with zero attached hydrogens (tertiary/aromatic N) is 1. The number of hydrogen-bond acceptors (Lipinski definition) is 4. The number of carbonyl (C=O) groups is 1. The Morgan fingerprint density at radius 3 is 2.56 bits per heavy atom. The van der Waals surface area contributed by atoms with Gasteiger partial charge in [-0.25, -0.2) is 5.43 Å². The van der Waals surface area contributed by atoms with Gasteiger partial charge in [-0.15, -0.1) is 0 Å². The zero-order valence-corrected chi connectivity index (χ0v) is 15.1. The van der Waals surface area contributed by atoms with Gasteiger partial charge in [-0.05, 0) is 59.7 Å². The zero-order valence-electron chi connectivity index (χ0n) is 14.3. The number of ether oxygens (including phenoxy) is 1. The molecule has 3 aromatic carbocycles. The van der Waals surface area contributed by atoms with Gasteiger partial charge in [0.25, 0.3) is 5.91 Å². The lowest BCUT2D eigenvalue weighted by atomic mass is 10.2. The first-order chi connectivity index (χ1) is 13.1. The molecule has 0 atom stereocenters. The van der Waals surface area contributed by atoms with Crippen molar-refractivity contribution in [3.63, 3.8) is 0 Å². The van der Waals surface area contributed by atoms with E-state index in [9.17, 15) is 9.90 Å². The zero-order chi connectivity index (χ0) is 19.1. The van der Waals surface area contributed by atoms with Crippen molar-refractivity contribution in [1.82, 2.24) is 5.43 Å². The predicted octanol–water partition coefficient (Wildman–Crippen LogP) is 4.39. The molecule has 136 valence electrons. The number of benzene rings is 3. The lowest BCUT2D eigenvalue weighted by molar-refractivity contribution is 0.0955. The maximum atomic E-state index is 12.0. The first-order valence-electron chi connectivity index (χ1n) is 8.20. The van der Waals surface area contributed by atoms with Crippen molar-refractivity contribution in [3.8, 4) is 11.5 Å². The Morgan fingerprint density at radius 1 is 1.07 bits per heavy atom. The number of aromatic hydroxyl groups is 1. The van der Waals surface area contributed by atoms with Crippen LogP contribution in [0.25, 0.3) is 0 Å². The van der Waals surface area contributed by atoms with Crippen molar-refractivity contribution < 1.29 is 14.6 Å². The van der Waals surface area contributed by atoms with Gasteiger partial charge in [-0.3, -0.25) is 4.79 Å². The number of hydrazone groups is 1. The fraction of sp³-hybridized carbons (Fsp3) is 0.0476. The highest BCUT2D eigenvalue weighted by Crippen LogP contribution is 2.16. The number of rotatable bonds is 6. The summed E-state index contributed by atoms with van der Waals surface area (Å²) in [6.45, 7) is 0.426. The molecule has 5 nitrogen and oxygen atoms in total. The number of nitrogens with one attached hydrogen (secondary N) is 1. The van der Waals surface area contributed by atoms with E-state index in [1.165, 1.54) is 30.5 Å². The van der Waals surface area contributed by atoms with Crippen LogP contribution in [0.15, 0.2) is 77.9 Å². The molecule has 0 aliphatic carbocycles. The SMILES string of the molecule is O=C(N/N=C\c1cccc(OCc2ccc(Cl)cc2)c1)c1ccc(O)cc1. The molecule has 0 aliphatic heterocycles. The summed E-state index contributed by atoms with van der Waals surface area (Å²) in [7, 11) is 0. The second kappa shape index (κ2) is 8.87. The number of halogens is 1. The van der Waals surface area contributed by atoms with Gasteiger partial charge < -0.3 is 9.84 Å². The fourth-order valence-electron chi connectivity index (χ4n) is 2.27. The molecule has 1 amide bonds. The Kier molecular flexibility index (Phi) is 6.07. The number of phenolic OH excluding ortho intramolecular Hbond substituents is 1. The minimum Gasteiger partial charge on any atom is -0.508 e. The topological polar surface area (TPSA) is 70.9 Å². The van der Waals surface area contributed by atoms with Crippen molar-refractivity contribution in [2.75, 3.05) is 0 Å². The maximum Gasteiger partial charge on any atom is 0.271 e. The predicted molar refractivity (Wildman–Crippen MR) is 105 cm³/mol.